The quantitative estimate of drug-likeness (QED) is 0.130. The number of aliphatic carboxylic acids is 1. The van der Waals surface area contributed by atoms with Crippen LogP contribution >= 0.6 is 11.8 Å². The van der Waals surface area contributed by atoms with Gasteiger partial charge in [0.2, 0.25) is 23.6 Å². The Morgan fingerprint density at radius 3 is 2.29 bits per heavy atom. The van der Waals surface area contributed by atoms with Crippen molar-refractivity contribution >= 4 is 52.3 Å². The number of carboxylic acid groups (broad SMARTS) is 1. The molecule has 1 heterocycles. The summed E-state index contributed by atoms with van der Waals surface area (Å²) >= 11 is 1.40. The van der Waals surface area contributed by atoms with E-state index < -0.39 is 66.3 Å². The highest BCUT2D eigenvalue weighted by atomic mass is 32.2. The molecule has 2 rings (SSSR count). The standard InChI is InChI=1S/C24H34N6O7S/c1-12(31)20(23(35)28-17(24(36)37)7-8-38-2)30-22(34)18(29-21(33)15(25)10-19(26)32)9-13-11-27-16-6-4-3-5-14(13)16/h3-6,11-12,15,17-18,20,27,31H,7-10,25H2,1-2H3,(H2,26,32)(H,28,35)(H,29,33)(H,30,34)(H,36,37). The largest absolute Gasteiger partial charge is 0.480 e. The molecule has 14 heteroatoms. The molecule has 1 aromatic heterocycles. The lowest BCUT2D eigenvalue weighted by Gasteiger charge is -2.26. The number of nitrogens with two attached hydrogens (primary N) is 2. The molecule has 208 valence electrons. The van der Waals surface area contributed by atoms with Gasteiger partial charge in [-0.1, -0.05) is 18.2 Å². The zero-order valence-corrected chi connectivity index (χ0v) is 21.9. The number of rotatable bonds is 15. The zero-order chi connectivity index (χ0) is 28.4. The predicted molar refractivity (Wildman–Crippen MR) is 142 cm³/mol. The summed E-state index contributed by atoms with van der Waals surface area (Å²) in [6, 6.07) is 1.98. The average Bonchev–Trinajstić information content (AvgIpc) is 3.26. The molecule has 5 atom stereocenters. The number of aromatic amines is 1. The number of aliphatic hydroxyl groups is 1. The van der Waals surface area contributed by atoms with E-state index in [0.717, 1.165) is 10.9 Å². The first-order valence-corrected chi connectivity index (χ1v) is 13.2. The number of aliphatic hydroxyl groups excluding tert-OH is 1. The summed E-state index contributed by atoms with van der Waals surface area (Å²) in [5.41, 5.74) is 12.3. The van der Waals surface area contributed by atoms with Crippen molar-refractivity contribution in [3.63, 3.8) is 0 Å². The number of thioether (sulfide) groups is 1. The van der Waals surface area contributed by atoms with Gasteiger partial charge in [-0.2, -0.15) is 11.8 Å². The van der Waals surface area contributed by atoms with Crippen LogP contribution in [0.4, 0.5) is 0 Å². The highest BCUT2D eigenvalue weighted by molar-refractivity contribution is 7.98. The van der Waals surface area contributed by atoms with Gasteiger partial charge in [-0.15, -0.1) is 0 Å². The van der Waals surface area contributed by atoms with Gasteiger partial charge in [0.05, 0.1) is 18.6 Å². The molecule has 38 heavy (non-hydrogen) atoms. The van der Waals surface area contributed by atoms with Crippen molar-refractivity contribution in [3.05, 3.63) is 36.0 Å². The second kappa shape index (κ2) is 14.4. The van der Waals surface area contributed by atoms with Crippen molar-refractivity contribution < 1.29 is 34.2 Å². The van der Waals surface area contributed by atoms with Crippen LogP contribution in [0.2, 0.25) is 0 Å². The molecule has 1 aromatic carbocycles. The Labute approximate surface area is 223 Å². The number of fused-ring (bicyclic) bond motifs is 1. The van der Waals surface area contributed by atoms with Gasteiger partial charge in [0.25, 0.3) is 0 Å². The number of amides is 4. The lowest BCUT2D eigenvalue weighted by atomic mass is 10.0. The van der Waals surface area contributed by atoms with Crippen LogP contribution in [0.25, 0.3) is 10.9 Å². The average molecular weight is 551 g/mol. The molecule has 0 bridgehead atoms. The Bertz CT molecular complexity index is 1150. The molecule has 0 saturated heterocycles. The summed E-state index contributed by atoms with van der Waals surface area (Å²) in [5, 5.41) is 27.7. The SMILES string of the molecule is CSCCC(NC(=O)C(NC(=O)C(Cc1c[nH]c2ccccc12)NC(=O)C(N)CC(N)=O)C(C)O)C(=O)O. The minimum absolute atomic E-state index is 0.0233. The molecule has 0 radical (unpaired) electrons. The Hall–Kier alpha value is -3.62. The maximum atomic E-state index is 13.3. The van der Waals surface area contributed by atoms with Crippen LogP contribution in [0.15, 0.2) is 30.5 Å². The fourth-order valence-electron chi connectivity index (χ4n) is 3.73. The maximum Gasteiger partial charge on any atom is 0.326 e. The van der Waals surface area contributed by atoms with Crippen molar-refractivity contribution in [1.29, 1.82) is 0 Å². The minimum Gasteiger partial charge on any atom is -0.480 e. The van der Waals surface area contributed by atoms with Crippen LogP contribution < -0.4 is 27.4 Å². The van der Waals surface area contributed by atoms with E-state index in [1.54, 1.807) is 18.5 Å². The highest BCUT2D eigenvalue weighted by Gasteiger charge is 2.33. The smallest absolute Gasteiger partial charge is 0.326 e. The van der Waals surface area contributed by atoms with Crippen LogP contribution in [0.5, 0.6) is 0 Å². The summed E-state index contributed by atoms with van der Waals surface area (Å²) in [6.07, 6.45) is 1.73. The number of aromatic nitrogens is 1. The number of benzene rings is 1. The molecule has 2 aromatic rings. The Morgan fingerprint density at radius 1 is 1.03 bits per heavy atom. The first-order chi connectivity index (χ1) is 17.9. The van der Waals surface area contributed by atoms with Crippen molar-refractivity contribution in [2.45, 2.75) is 56.5 Å². The third-order valence-corrected chi connectivity index (χ3v) is 6.42. The van der Waals surface area contributed by atoms with Crippen LogP contribution in [-0.2, 0) is 30.4 Å². The molecule has 13 nitrogen and oxygen atoms in total. The molecule has 0 saturated carbocycles. The van der Waals surface area contributed by atoms with E-state index in [9.17, 15) is 34.2 Å². The third-order valence-electron chi connectivity index (χ3n) is 5.78. The number of hydrogen-bond acceptors (Lipinski definition) is 8. The van der Waals surface area contributed by atoms with Gasteiger partial charge >= 0.3 is 5.97 Å². The summed E-state index contributed by atoms with van der Waals surface area (Å²) in [5.74, 6) is -4.13. The Morgan fingerprint density at radius 2 is 1.68 bits per heavy atom. The number of nitrogens with one attached hydrogen (secondary N) is 4. The van der Waals surface area contributed by atoms with Gasteiger partial charge < -0.3 is 42.6 Å². The first-order valence-electron chi connectivity index (χ1n) is 11.8. The monoisotopic (exact) mass is 550 g/mol. The highest BCUT2D eigenvalue weighted by Crippen LogP contribution is 2.19. The Kier molecular flexibility index (Phi) is 11.6. The topological polar surface area (TPSA) is 230 Å². The van der Waals surface area contributed by atoms with Crippen LogP contribution in [0.3, 0.4) is 0 Å². The van der Waals surface area contributed by atoms with Gasteiger partial charge in [-0.05, 0) is 37.0 Å². The normalized spacial score (nSPS) is 15.1. The molecule has 0 fully saturated rings. The Balaban J connectivity index is 2.27. The second-order valence-electron chi connectivity index (χ2n) is 8.81. The van der Waals surface area contributed by atoms with Gasteiger partial charge in [-0.25, -0.2) is 4.79 Å². The number of carboxylic acids is 1. The predicted octanol–water partition coefficient (Wildman–Crippen LogP) is -1.41. The third kappa shape index (κ3) is 8.75. The van der Waals surface area contributed by atoms with E-state index in [1.807, 2.05) is 18.2 Å². The van der Waals surface area contributed by atoms with Crippen LogP contribution in [-0.4, -0.2) is 87.1 Å². The van der Waals surface area contributed by atoms with E-state index in [1.165, 1.54) is 18.7 Å². The molecular weight excluding hydrogens is 516 g/mol. The number of carbonyl (C=O) groups is 5. The van der Waals surface area contributed by atoms with E-state index >= 15 is 0 Å². The molecule has 0 aliphatic carbocycles. The summed E-state index contributed by atoms with van der Waals surface area (Å²) in [7, 11) is 0. The molecule has 5 unspecified atom stereocenters. The first kappa shape index (κ1) is 30.6. The zero-order valence-electron chi connectivity index (χ0n) is 21.1. The van der Waals surface area contributed by atoms with E-state index in [4.69, 9.17) is 11.5 Å². The summed E-state index contributed by atoms with van der Waals surface area (Å²) in [6.45, 7) is 1.26. The van der Waals surface area contributed by atoms with Crippen molar-refractivity contribution in [2.24, 2.45) is 11.5 Å². The van der Waals surface area contributed by atoms with Gasteiger partial charge in [0.15, 0.2) is 0 Å². The molecule has 0 aliphatic heterocycles. The van der Waals surface area contributed by atoms with Crippen LogP contribution in [0, 0.1) is 0 Å². The van der Waals surface area contributed by atoms with Gasteiger partial charge in [0, 0.05) is 23.5 Å². The number of primary amides is 1. The van der Waals surface area contributed by atoms with Gasteiger partial charge in [-0.3, -0.25) is 19.2 Å². The molecule has 10 N–H and O–H groups in total. The second-order valence-corrected chi connectivity index (χ2v) is 9.80. The van der Waals surface area contributed by atoms with E-state index in [-0.39, 0.29) is 12.8 Å². The fourth-order valence-corrected chi connectivity index (χ4v) is 4.20. The molecule has 4 amide bonds. The summed E-state index contributed by atoms with van der Waals surface area (Å²) in [4.78, 5) is 64.6. The van der Waals surface area contributed by atoms with Gasteiger partial charge in [0.1, 0.15) is 18.1 Å². The van der Waals surface area contributed by atoms with Crippen LogP contribution in [0.1, 0.15) is 25.3 Å². The lowest BCUT2D eigenvalue weighted by molar-refractivity contribution is -0.143. The number of carbonyl (C=O) groups excluding carboxylic acids is 4. The number of para-hydroxylation sites is 1. The van der Waals surface area contributed by atoms with Crippen molar-refractivity contribution in [3.8, 4) is 0 Å². The molecule has 0 spiro atoms. The van der Waals surface area contributed by atoms with Crippen molar-refractivity contribution in [1.82, 2.24) is 20.9 Å². The summed E-state index contributed by atoms with van der Waals surface area (Å²) < 4.78 is 0. The fraction of sp³-hybridized carbons (Fsp3) is 0.458. The van der Waals surface area contributed by atoms with E-state index in [2.05, 4.69) is 20.9 Å². The maximum absolute atomic E-state index is 13.3. The minimum atomic E-state index is -1.51. The molecule has 0 aliphatic rings. The van der Waals surface area contributed by atoms with Crippen molar-refractivity contribution in [2.75, 3.05) is 12.0 Å². The number of hydrogen-bond donors (Lipinski definition) is 8. The number of H-pyrrole nitrogens is 1. The molecular formula is C24H34N6O7S. The lowest BCUT2D eigenvalue weighted by Crippen LogP contribution is -2.60. The van der Waals surface area contributed by atoms with E-state index in [0.29, 0.717) is 11.3 Å².